The number of hydrogen-bond acceptors (Lipinski definition) is 7. The minimum Gasteiger partial charge on any atom is -0.508 e. The smallest absolute Gasteiger partial charge is 0.408 e. The molecule has 1 aliphatic heterocycles. The molecule has 1 aromatic carbocycles. The van der Waals surface area contributed by atoms with Gasteiger partial charge in [0.05, 0.1) is 6.54 Å². The van der Waals surface area contributed by atoms with Crippen molar-refractivity contribution in [2.24, 2.45) is 11.3 Å². The molecule has 2 aromatic rings. The van der Waals surface area contributed by atoms with Gasteiger partial charge in [-0.1, -0.05) is 33.8 Å². The van der Waals surface area contributed by atoms with Crippen LogP contribution in [-0.2, 0) is 14.3 Å². The average molecular weight is 555 g/mol. The van der Waals surface area contributed by atoms with Gasteiger partial charge in [-0.05, 0) is 61.8 Å². The summed E-state index contributed by atoms with van der Waals surface area (Å²) in [6.07, 6.45) is 2.31. The van der Waals surface area contributed by atoms with Gasteiger partial charge in [-0.2, -0.15) is 0 Å². The first-order valence-electron chi connectivity index (χ1n) is 13.5. The zero-order valence-corrected chi connectivity index (χ0v) is 24.5. The van der Waals surface area contributed by atoms with E-state index in [4.69, 9.17) is 9.47 Å². The first-order chi connectivity index (χ1) is 18.6. The van der Waals surface area contributed by atoms with Crippen LogP contribution in [0.4, 0.5) is 4.79 Å². The number of aromatic hydroxyl groups is 1. The largest absolute Gasteiger partial charge is 0.508 e. The average Bonchev–Trinajstić information content (AvgIpc) is 3.27. The number of likely N-dealkylation sites (tertiary alicyclic amines) is 1. The van der Waals surface area contributed by atoms with Crippen molar-refractivity contribution in [3.05, 3.63) is 43.1 Å². The van der Waals surface area contributed by atoms with Gasteiger partial charge in [0.2, 0.25) is 17.7 Å². The molecular formula is C30H42N4O6. The van der Waals surface area contributed by atoms with E-state index in [0.717, 1.165) is 5.39 Å². The molecule has 1 fully saturated rings. The van der Waals surface area contributed by atoms with Crippen molar-refractivity contribution in [3.63, 3.8) is 0 Å². The van der Waals surface area contributed by atoms with Crippen molar-refractivity contribution in [2.75, 3.05) is 13.1 Å². The Morgan fingerprint density at radius 3 is 2.52 bits per heavy atom. The van der Waals surface area contributed by atoms with E-state index in [2.05, 4.69) is 22.2 Å². The molecule has 0 unspecified atom stereocenters. The number of pyridine rings is 1. The van der Waals surface area contributed by atoms with Crippen LogP contribution in [0.3, 0.4) is 0 Å². The van der Waals surface area contributed by atoms with Gasteiger partial charge in [-0.25, -0.2) is 9.78 Å². The Labute approximate surface area is 236 Å². The zero-order chi connectivity index (χ0) is 29.8. The molecule has 40 heavy (non-hydrogen) atoms. The summed E-state index contributed by atoms with van der Waals surface area (Å²) in [6, 6.07) is 4.86. The lowest BCUT2D eigenvalue weighted by Crippen LogP contribution is -2.58. The van der Waals surface area contributed by atoms with Crippen LogP contribution in [0.15, 0.2) is 43.1 Å². The third-order valence-corrected chi connectivity index (χ3v) is 6.61. The van der Waals surface area contributed by atoms with Crippen LogP contribution in [0.25, 0.3) is 10.8 Å². The molecule has 10 nitrogen and oxygen atoms in total. The molecule has 0 bridgehead atoms. The van der Waals surface area contributed by atoms with E-state index >= 15 is 0 Å². The predicted molar refractivity (Wildman–Crippen MR) is 153 cm³/mol. The Hall–Kier alpha value is -3.82. The Bertz CT molecular complexity index is 1250. The molecule has 0 saturated carbocycles. The lowest BCUT2D eigenvalue weighted by atomic mass is 9.85. The molecule has 1 aromatic heterocycles. The molecule has 0 radical (unpaired) electrons. The van der Waals surface area contributed by atoms with Gasteiger partial charge >= 0.3 is 6.09 Å². The molecule has 4 atom stereocenters. The SMILES string of the molecule is C=C[C@@H](C)CNC(=O)[C@@H]1C[C@@H](Oc2nccc3cc(O)ccc23)CN1C(=O)[C@@H](NC(=O)OC(C)(C)C)C(C)(C)C. The number of phenolic OH excluding ortho intramolecular Hbond substituents is 1. The fourth-order valence-electron chi connectivity index (χ4n) is 4.47. The highest BCUT2D eigenvalue weighted by Crippen LogP contribution is 2.31. The molecule has 0 aliphatic carbocycles. The number of amides is 3. The van der Waals surface area contributed by atoms with Gasteiger partial charge in [-0.15, -0.1) is 6.58 Å². The number of nitrogens with zero attached hydrogens (tertiary/aromatic N) is 2. The number of nitrogens with one attached hydrogen (secondary N) is 2. The fraction of sp³-hybridized carbons (Fsp3) is 0.533. The summed E-state index contributed by atoms with van der Waals surface area (Å²) in [4.78, 5) is 45.9. The summed E-state index contributed by atoms with van der Waals surface area (Å²) in [7, 11) is 0. The highest BCUT2D eigenvalue weighted by atomic mass is 16.6. The molecule has 3 amide bonds. The fourth-order valence-corrected chi connectivity index (χ4v) is 4.47. The number of fused-ring (bicyclic) bond motifs is 1. The molecule has 3 rings (SSSR count). The first-order valence-corrected chi connectivity index (χ1v) is 13.5. The van der Waals surface area contributed by atoms with Crippen LogP contribution in [0, 0.1) is 11.3 Å². The number of rotatable bonds is 8. The van der Waals surface area contributed by atoms with E-state index in [1.54, 1.807) is 57.3 Å². The second-order valence-electron chi connectivity index (χ2n) is 12.4. The lowest BCUT2D eigenvalue weighted by molar-refractivity contribution is -0.142. The van der Waals surface area contributed by atoms with E-state index in [0.29, 0.717) is 17.8 Å². The second kappa shape index (κ2) is 12.1. The summed E-state index contributed by atoms with van der Waals surface area (Å²) in [5, 5.41) is 16.9. The molecule has 2 heterocycles. The molecule has 1 aliphatic rings. The minimum absolute atomic E-state index is 0.0500. The number of carbonyl (C=O) groups excluding carboxylic acids is 3. The Morgan fingerprint density at radius 1 is 1.20 bits per heavy atom. The van der Waals surface area contributed by atoms with Crippen molar-refractivity contribution >= 4 is 28.7 Å². The molecule has 0 spiro atoms. The van der Waals surface area contributed by atoms with E-state index in [-0.39, 0.29) is 30.5 Å². The third kappa shape index (κ3) is 7.86. The molecule has 1 saturated heterocycles. The second-order valence-corrected chi connectivity index (χ2v) is 12.4. The Balaban J connectivity index is 1.89. The summed E-state index contributed by atoms with van der Waals surface area (Å²) >= 11 is 0. The van der Waals surface area contributed by atoms with E-state index in [1.165, 1.54) is 4.90 Å². The summed E-state index contributed by atoms with van der Waals surface area (Å²) in [5.41, 5.74) is -1.42. The quantitative estimate of drug-likeness (QED) is 0.418. The van der Waals surface area contributed by atoms with Gasteiger partial charge in [-0.3, -0.25) is 9.59 Å². The van der Waals surface area contributed by atoms with Crippen LogP contribution in [0.2, 0.25) is 0 Å². The van der Waals surface area contributed by atoms with Gasteiger partial charge in [0, 0.05) is 24.5 Å². The zero-order valence-electron chi connectivity index (χ0n) is 24.5. The van der Waals surface area contributed by atoms with Gasteiger partial charge < -0.3 is 30.1 Å². The maximum atomic E-state index is 14.0. The molecule has 218 valence electrons. The van der Waals surface area contributed by atoms with Crippen LogP contribution < -0.4 is 15.4 Å². The maximum absolute atomic E-state index is 14.0. The topological polar surface area (TPSA) is 130 Å². The standard InChI is InChI=1S/C30H42N4O6/c1-9-18(2)16-32-25(36)23-15-21(39-26-22-11-10-20(35)14-19(22)12-13-31-26)17-34(23)27(37)24(29(3,4)5)33-28(38)40-30(6,7)8/h9-14,18,21,23-24,35H,1,15-17H2,2-8H3,(H,32,36)(H,33,38)/t18-,21-,23+,24-/m1/s1. The van der Waals surface area contributed by atoms with Crippen molar-refractivity contribution in [2.45, 2.75) is 78.7 Å². The van der Waals surface area contributed by atoms with Gasteiger partial charge in [0.25, 0.3) is 0 Å². The highest BCUT2D eigenvalue weighted by Gasteiger charge is 2.46. The van der Waals surface area contributed by atoms with Crippen molar-refractivity contribution in [3.8, 4) is 11.6 Å². The molecule has 10 heteroatoms. The van der Waals surface area contributed by atoms with E-state index in [1.807, 2.05) is 27.7 Å². The summed E-state index contributed by atoms with van der Waals surface area (Å²) in [5.74, 6) is -0.200. The van der Waals surface area contributed by atoms with Gasteiger partial charge in [0.15, 0.2) is 0 Å². The van der Waals surface area contributed by atoms with E-state index < -0.39 is 41.2 Å². The van der Waals surface area contributed by atoms with Crippen molar-refractivity contribution in [1.29, 1.82) is 0 Å². The molecular weight excluding hydrogens is 512 g/mol. The third-order valence-electron chi connectivity index (χ3n) is 6.61. The number of hydrogen-bond donors (Lipinski definition) is 3. The number of benzene rings is 1. The Morgan fingerprint density at radius 2 is 1.90 bits per heavy atom. The van der Waals surface area contributed by atoms with Crippen molar-refractivity contribution in [1.82, 2.24) is 20.5 Å². The Kier molecular flexibility index (Phi) is 9.32. The number of carbonyl (C=O) groups is 3. The van der Waals surface area contributed by atoms with Crippen LogP contribution in [0.5, 0.6) is 11.6 Å². The van der Waals surface area contributed by atoms with Gasteiger partial charge in [0.1, 0.15) is 29.5 Å². The summed E-state index contributed by atoms with van der Waals surface area (Å²) < 4.78 is 11.7. The summed E-state index contributed by atoms with van der Waals surface area (Å²) in [6.45, 7) is 16.9. The highest BCUT2D eigenvalue weighted by molar-refractivity contribution is 5.92. The van der Waals surface area contributed by atoms with Crippen LogP contribution in [0.1, 0.15) is 54.9 Å². The van der Waals surface area contributed by atoms with E-state index in [9.17, 15) is 19.5 Å². The monoisotopic (exact) mass is 554 g/mol. The minimum atomic E-state index is -0.956. The van der Waals surface area contributed by atoms with Crippen LogP contribution in [-0.4, -0.2) is 69.8 Å². The molecule has 3 N–H and O–H groups in total. The van der Waals surface area contributed by atoms with Crippen molar-refractivity contribution < 1.29 is 29.0 Å². The number of ether oxygens (including phenoxy) is 2. The number of alkyl carbamates (subject to hydrolysis) is 1. The normalized spacial score (nSPS) is 19.0. The number of aromatic nitrogens is 1. The lowest BCUT2D eigenvalue weighted by Gasteiger charge is -2.35. The number of phenols is 1. The maximum Gasteiger partial charge on any atom is 0.408 e. The predicted octanol–water partition coefficient (Wildman–Crippen LogP) is 4.17. The first kappa shape index (κ1) is 30.7. The van der Waals surface area contributed by atoms with Crippen LogP contribution >= 0.6 is 0 Å².